The number of hydrogen-bond acceptors (Lipinski definition) is 3. The van der Waals surface area contributed by atoms with Gasteiger partial charge in [0.05, 0.1) is 0 Å². The van der Waals surface area contributed by atoms with Gasteiger partial charge in [-0.3, -0.25) is 4.98 Å². The summed E-state index contributed by atoms with van der Waals surface area (Å²) in [7, 11) is 0. The Labute approximate surface area is 155 Å². The highest BCUT2D eigenvalue weighted by Gasteiger charge is 2.06. The van der Waals surface area contributed by atoms with Gasteiger partial charge >= 0.3 is 6.03 Å². The molecule has 1 aromatic heterocycles. The van der Waals surface area contributed by atoms with Crippen molar-refractivity contribution in [2.75, 3.05) is 5.32 Å². The maximum atomic E-state index is 13.6. The third kappa shape index (κ3) is 5.50. The van der Waals surface area contributed by atoms with E-state index >= 15 is 0 Å². The fraction of sp³-hybridized carbons (Fsp3) is 0.100. The highest BCUT2D eigenvalue weighted by Crippen LogP contribution is 2.18. The van der Waals surface area contributed by atoms with Crippen LogP contribution in [0.25, 0.3) is 0 Å². The van der Waals surface area contributed by atoms with Crippen LogP contribution >= 0.6 is 0 Å². The Morgan fingerprint density at radius 1 is 1.07 bits per heavy atom. The summed E-state index contributed by atoms with van der Waals surface area (Å²) in [5.74, 6) is -0.577. The lowest BCUT2D eigenvalue weighted by Gasteiger charge is -2.10. The number of nitrogens with one attached hydrogen (secondary N) is 2. The molecule has 0 unspecified atom stereocenters. The molecule has 0 fully saturated rings. The molecular weight excluding hydrogens is 352 g/mol. The molecule has 2 aromatic carbocycles. The van der Waals surface area contributed by atoms with Gasteiger partial charge in [0.25, 0.3) is 0 Å². The molecule has 5 nitrogen and oxygen atoms in total. The Morgan fingerprint density at radius 2 is 1.89 bits per heavy atom. The van der Waals surface area contributed by atoms with Gasteiger partial charge < -0.3 is 15.4 Å². The molecule has 0 saturated carbocycles. The number of pyridine rings is 1. The summed E-state index contributed by atoms with van der Waals surface area (Å²) >= 11 is 0. The standard InChI is InChI=1S/C20H17F2N3O2/c21-16-3-8-19(22)15(10-16)13-27-18-6-4-17(5-7-18)25-20(26)24-12-14-2-1-9-23-11-14/h1-11H,12-13H2,(H2,24,25,26). The number of urea groups is 1. The maximum Gasteiger partial charge on any atom is 0.319 e. The molecule has 0 saturated heterocycles. The molecule has 7 heteroatoms. The zero-order valence-corrected chi connectivity index (χ0v) is 14.3. The Balaban J connectivity index is 1.49. The van der Waals surface area contributed by atoms with Crippen LogP contribution in [0.1, 0.15) is 11.1 Å². The van der Waals surface area contributed by atoms with Crippen molar-refractivity contribution in [2.24, 2.45) is 0 Å². The number of carbonyl (C=O) groups excluding carboxylic acids is 1. The first-order valence-corrected chi connectivity index (χ1v) is 8.21. The SMILES string of the molecule is O=C(NCc1cccnc1)Nc1ccc(OCc2cc(F)ccc2F)cc1. The van der Waals surface area contributed by atoms with E-state index in [2.05, 4.69) is 15.6 Å². The van der Waals surface area contributed by atoms with Crippen LogP contribution in [0.5, 0.6) is 5.75 Å². The van der Waals surface area contributed by atoms with Crippen LogP contribution in [0.4, 0.5) is 19.3 Å². The summed E-state index contributed by atoms with van der Waals surface area (Å²) in [5, 5.41) is 5.42. The Morgan fingerprint density at radius 3 is 2.63 bits per heavy atom. The minimum atomic E-state index is -0.528. The van der Waals surface area contributed by atoms with Gasteiger partial charge in [-0.25, -0.2) is 13.6 Å². The molecule has 0 aliphatic rings. The highest BCUT2D eigenvalue weighted by atomic mass is 19.1. The van der Waals surface area contributed by atoms with Gasteiger partial charge in [-0.2, -0.15) is 0 Å². The predicted molar refractivity (Wildman–Crippen MR) is 97.2 cm³/mol. The third-order valence-corrected chi connectivity index (χ3v) is 3.69. The molecule has 2 N–H and O–H groups in total. The second-order valence-electron chi connectivity index (χ2n) is 5.72. The summed E-state index contributed by atoms with van der Waals surface area (Å²) < 4.78 is 32.2. The van der Waals surface area contributed by atoms with Crippen LogP contribution in [-0.2, 0) is 13.2 Å². The number of rotatable bonds is 6. The average molecular weight is 369 g/mol. The summed E-state index contributed by atoms with van der Waals surface area (Å²) in [6.07, 6.45) is 3.34. The van der Waals surface area contributed by atoms with Crippen molar-refractivity contribution in [1.29, 1.82) is 0 Å². The fourth-order valence-electron chi connectivity index (χ4n) is 2.31. The predicted octanol–water partition coefficient (Wildman–Crippen LogP) is 4.26. The zero-order valence-electron chi connectivity index (χ0n) is 14.3. The number of anilines is 1. The molecule has 0 bridgehead atoms. The minimum Gasteiger partial charge on any atom is -0.489 e. The van der Waals surface area contributed by atoms with Gasteiger partial charge in [-0.15, -0.1) is 0 Å². The molecule has 0 spiro atoms. The zero-order chi connectivity index (χ0) is 19.1. The van der Waals surface area contributed by atoms with Crippen molar-refractivity contribution in [3.63, 3.8) is 0 Å². The van der Waals surface area contributed by atoms with Crippen LogP contribution < -0.4 is 15.4 Å². The van der Waals surface area contributed by atoms with E-state index < -0.39 is 11.6 Å². The topological polar surface area (TPSA) is 63.2 Å². The van der Waals surface area contributed by atoms with Crippen LogP contribution in [0.15, 0.2) is 67.0 Å². The van der Waals surface area contributed by atoms with E-state index in [9.17, 15) is 13.6 Å². The van der Waals surface area contributed by atoms with Crippen LogP contribution in [0.2, 0.25) is 0 Å². The molecule has 0 aliphatic carbocycles. The lowest BCUT2D eigenvalue weighted by atomic mass is 10.2. The lowest BCUT2D eigenvalue weighted by Crippen LogP contribution is -2.28. The number of hydrogen-bond donors (Lipinski definition) is 2. The lowest BCUT2D eigenvalue weighted by molar-refractivity contribution is 0.251. The largest absolute Gasteiger partial charge is 0.489 e. The van der Waals surface area contributed by atoms with Crippen molar-refractivity contribution in [3.05, 3.63) is 89.8 Å². The Kier molecular flexibility index (Phi) is 5.94. The summed E-state index contributed by atoms with van der Waals surface area (Å²) in [6, 6.07) is 13.1. The molecule has 1 heterocycles. The number of carbonyl (C=O) groups is 1. The van der Waals surface area contributed by atoms with Gasteiger partial charge in [0.2, 0.25) is 0 Å². The van der Waals surface area contributed by atoms with Crippen molar-refractivity contribution in [2.45, 2.75) is 13.2 Å². The van der Waals surface area contributed by atoms with Gasteiger partial charge in [0.1, 0.15) is 24.0 Å². The first-order chi connectivity index (χ1) is 13.1. The summed E-state index contributed by atoms with van der Waals surface area (Å²) in [6.45, 7) is 0.266. The van der Waals surface area contributed by atoms with E-state index in [1.807, 2.05) is 6.07 Å². The molecule has 3 rings (SSSR count). The normalized spacial score (nSPS) is 10.3. The van der Waals surface area contributed by atoms with Crippen LogP contribution in [0, 0.1) is 11.6 Å². The fourth-order valence-corrected chi connectivity index (χ4v) is 2.31. The van der Waals surface area contributed by atoms with E-state index in [4.69, 9.17) is 4.74 Å². The number of halogens is 2. The van der Waals surface area contributed by atoms with E-state index in [1.165, 1.54) is 0 Å². The van der Waals surface area contributed by atoms with Crippen molar-refractivity contribution >= 4 is 11.7 Å². The van der Waals surface area contributed by atoms with Crippen molar-refractivity contribution in [1.82, 2.24) is 10.3 Å². The second kappa shape index (κ2) is 8.75. The number of nitrogens with zero attached hydrogens (tertiary/aromatic N) is 1. The Bertz CT molecular complexity index is 903. The third-order valence-electron chi connectivity index (χ3n) is 3.69. The van der Waals surface area contributed by atoms with Gasteiger partial charge in [0, 0.05) is 30.2 Å². The Hall–Kier alpha value is -3.48. The van der Waals surface area contributed by atoms with Gasteiger partial charge in [0.15, 0.2) is 0 Å². The first kappa shape index (κ1) is 18.3. The number of ether oxygens (including phenoxy) is 1. The number of aromatic nitrogens is 1. The average Bonchev–Trinajstić information content (AvgIpc) is 2.69. The van der Waals surface area contributed by atoms with E-state index in [1.54, 1.807) is 42.7 Å². The van der Waals surface area contributed by atoms with E-state index in [-0.39, 0.29) is 18.2 Å². The van der Waals surface area contributed by atoms with Crippen LogP contribution in [0.3, 0.4) is 0 Å². The summed E-state index contributed by atoms with van der Waals surface area (Å²) in [4.78, 5) is 15.9. The van der Waals surface area contributed by atoms with Crippen LogP contribution in [-0.4, -0.2) is 11.0 Å². The molecule has 0 atom stereocenters. The molecule has 138 valence electrons. The van der Waals surface area contributed by atoms with Gasteiger partial charge in [-0.05, 0) is 54.1 Å². The second-order valence-corrected chi connectivity index (χ2v) is 5.72. The molecule has 0 radical (unpaired) electrons. The molecule has 2 amide bonds. The molecular formula is C20H17F2N3O2. The quantitative estimate of drug-likeness (QED) is 0.682. The van der Waals surface area contributed by atoms with Crippen molar-refractivity contribution in [3.8, 4) is 5.75 Å². The van der Waals surface area contributed by atoms with E-state index in [0.717, 1.165) is 23.8 Å². The molecule has 3 aromatic rings. The monoisotopic (exact) mass is 369 g/mol. The molecule has 27 heavy (non-hydrogen) atoms. The number of benzene rings is 2. The summed E-state index contributed by atoms with van der Waals surface area (Å²) in [5.41, 5.74) is 1.59. The first-order valence-electron chi connectivity index (χ1n) is 8.21. The van der Waals surface area contributed by atoms with Gasteiger partial charge in [-0.1, -0.05) is 6.07 Å². The maximum absolute atomic E-state index is 13.6. The van der Waals surface area contributed by atoms with Crippen molar-refractivity contribution < 1.29 is 18.3 Å². The number of amides is 2. The van der Waals surface area contributed by atoms with E-state index in [0.29, 0.717) is 18.0 Å². The minimum absolute atomic E-state index is 0.0953. The highest BCUT2D eigenvalue weighted by molar-refractivity contribution is 5.89. The molecule has 0 aliphatic heterocycles. The smallest absolute Gasteiger partial charge is 0.319 e.